The molecule has 2 heterocycles. The Balaban J connectivity index is 1.88. The lowest BCUT2D eigenvalue weighted by atomic mass is 10.00. The van der Waals surface area contributed by atoms with E-state index >= 15 is 0 Å². The number of rotatable bonds is 7. The third-order valence-electron chi connectivity index (χ3n) is 3.66. The molecule has 2 atom stereocenters. The summed E-state index contributed by atoms with van der Waals surface area (Å²) in [5, 5.41) is 0. The fraction of sp³-hybridized carbons (Fsp3) is 0.643. The zero-order valence-electron chi connectivity index (χ0n) is 11.5. The summed E-state index contributed by atoms with van der Waals surface area (Å²) in [6, 6.07) is 2.05. The van der Waals surface area contributed by atoms with Gasteiger partial charge in [-0.05, 0) is 38.2 Å². The first-order chi connectivity index (χ1) is 9.35. The van der Waals surface area contributed by atoms with Crippen LogP contribution in [-0.2, 0) is 4.74 Å². The number of ether oxygens (including phenoxy) is 2. The Morgan fingerprint density at radius 1 is 1.63 bits per heavy atom. The van der Waals surface area contributed by atoms with Gasteiger partial charge in [0.2, 0.25) is 0 Å². The molecule has 2 unspecified atom stereocenters. The second-order valence-corrected chi connectivity index (χ2v) is 4.90. The summed E-state index contributed by atoms with van der Waals surface area (Å²) in [6.07, 6.45) is 9.48. The fourth-order valence-electron chi connectivity index (χ4n) is 2.60. The average molecular weight is 265 g/mol. The Morgan fingerprint density at radius 2 is 2.53 bits per heavy atom. The van der Waals surface area contributed by atoms with E-state index in [1.54, 1.807) is 19.5 Å². The summed E-state index contributed by atoms with van der Waals surface area (Å²) < 4.78 is 11.0. The molecule has 0 bridgehead atoms. The lowest BCUT2D eigenvalue weighted by molar-refractivity contribution is 0.101. The molecule has 5 heteroatoms. The van der Waals surface area contributed by atoms with Crippen LogP contribution in [0.2, 0.25) is 0 Å². The topological polar surface area (TPSA) is 69.4 Å². The van der Waals surface area contributed by atoms with Gasteiger partial charge in [0.1, 0.15) is 5.75 Å². The summed E-state index contributed by atoms with van der Waals surface area (Å²) >= 11 is 0. The molecular weight excluding hydrogens is 242 g/mol. The molecular formula is C14H23N3O2. The van der Waals surface area contributed by atoms with Gasteiger partial charge in [0, 0.05) is 24.4 Å². The van der Waals surface area contributed by atoms with E-state index in [0.717, 1.165) is 37.2 Å². The highest BCUT2D eigenvalue weighted by atomic mass is 16.5. The van der Waals surface area contributed by atoms with Crippen molar-refractivity contribution in [3.63, 3.8) is 0 Å². The van der Waals surface area contributed by atoms with Crippen LogP contribution in [-0.4, -0.2) is 24.8 Å². The van der Waals surface area contributed by atoms with E-state index in [9.17, 15) is 0 Å². The van der Waals surface area contributed by atoms with Crippen LogP contribution in [0.1, 0.15) is 43.7 Å². The Labute approximate surface area is 114 Å². The monoisotopic (exact) mass is 265 g/mol. The maximum Gasteiger partial charge on any atom is 0.141 e. The number of aromatic nitrogens is 1. The molecule has 1 aliphatic rings. The third-order valence-corrected chi connectivity index (χ3v) is 3.66. The SMILES string of the molecule is COc1cnccc1C(CCCC1CCCO1)NN. The van der Waals surface area contributed by atoms with Crippen molar-refractivity contribution in [1.82, 2.24) is 10.4 Å². The summed E-state index contributed by atoms with van der Waals surface area (Å²) in [4.78, 5) is 4.06. The number of nitrogens with two attached hydrogens (primary N) is 1. The molecule has 0 aromatic carbocycles. The quantitative estimate of drug-likeness (QED) is 0.582. The lowest BCUT2D eigenvalue weighted by Crippen LogP contribution is -2.28. The molecule has 0 saturated carbocycles. The highest BCUT2D eigenvalue weighted by Gasteiger charge is 2.18. The van der Waals surface area contributed by atoms with E-state index in [2.05, 4.69) is 10.4 Å². The number of hydrogen-bond donors (Lipinski definition) is 2. The van der Waals surface area contributed by atoms with Gasteiger partial charge in [-0.2, -0.15) is 0 Å². The average Bonchev–Trinajstić information content (AvgIpc) is 2.97. The lowest BCUT2D eigenvalue weighted by Gasteiger charge is -2.19. The molecule has 3 N–H and O–H groups in total. The van der Waals surface area contributed by atoms with Gasteiger partial charge >= 0.3 is 0 Å². The Hall–Kier alpha value is -1.17. The van der Waals surface area contributed by atoms with Crippen LogP contribution in [0.3, 0.4) is 0 Å². The summed E-state index contributed by atoms with van der Waals surface area (Å²) in [5.74, 6) is 6.45. The largest absolute Gasteiger partial charge is 0.495 e. The standard InChI is InChI=1S/C14H23N3O2/c1-18-14-10-16-8-7-12(14)13(17-15)6-2-4-11-5-3-9-19-11/h7-8,10-11,13,17H,2-6,9,15H2,1H3. The molecule has 0 spiro atoms. The molecule has 5 nitrogen and oxygen atoms in total. The summed E-state index contributed by atoms with van der Waals surface area (Å²) in [6.45, 7) is 0.918. The van der Waals surface area contributed by atoms with Gasteiger partial charge in [0.15, 0.2) is 0 Å². The van der Waals surface area contributed by atoms with Crippen molar-refractivity contribution in [3.8, 4) is 5.75 Å². The zero-order chi connectivity index (χ0) is 13.5. The van der Waals surface area contributed by atoms with Crippen LogP contribution < -0.4 is 16.0 Å². The first-order valence-electron chi connectivity index (χ1n) is 6.90. The van der Waals surface area contributed by atoms with Crippen LogP contribution >= 0.6 is 0 Å². The number of methoxy groups -OCH3 is 1. The number of pyridine rings is 1. The van der Waals surface area contributed by atoms with E-state index in [1.807, 2.05) is 6.07 Å². The molecule has 0 aliphatic carbocycles. The van der Waals surface area contributed by atoms with Crippen LogP contribution in [0.4, 0.5) is 0 Å². The molecule has 1 saturated heterocycles. The minimum atomic E-state index is 0.0966. The number of hydrazine groups is 1. The summed E-state index contributed by atoms with van der Waals surface area (Å²) in [5.41, 5.74) is 3.93. The Morgan fingerprint density at radius 3 is 3.21 bits per heavy atom. The number of nitrogens with one attached hydrogen (secondary N) is 1. The fourth-order valence-corrected chi connectivity index (χ4v) is 2.60. The van der Waals surface area contributed by atoms with Crippen molar-refractivity contribution in [2.24, 2.45) is 5.84 Å². The molecule has 106 valence electrons. The maximum absolute atomic E-state index is 5.67. The minimum Gasteiger partial charge on any atom is -0.495 e. The molecule has 1 aromatic rings. The van der Waals surface area contributed by atoms with Gasteiger partial charge in [0.05, 0.1) is 19.4 Å². The van der Waals surface area contributed by atoms with Crippen molar-refractivity contribution >= 4 is 0 Å². The Kier molecular flexibility index (Phi) is 5.57. The van der Waals surface area contributed by atoms with Crippen LogP contribution in [0.15, 0.2) is 18.5 Å². The van der Waals surface area contributed by atoms with Crippen LogP contribution in [0.25, 0.3) is 0 Å². The second-order valence-electron chi connectivity index (χ2n) is 4.90. The highest BCUT2D eigenvalue weighted by Crippen LogP contribution is 2.28. The van der Waals surface area contributed by atoms with Crippen molar-refractivity contribution in [3.05, 3.63) is 24.0 Å². The maximum atomic E-state index is 5.67. The second kappa shape index (κ2) is 7.43. The van der Waals surface area contributed by atoms with Crippen molar-refractivity contribution < 1.29 is 9.47 Å². The number of nitrogens with zero attached hydrogens (tertiary/aromatic N) is 1. The predicted octanol–water partition coefficient (Wildman–Crippen LogP) is 1.94. The van der Waals surface area contributed by atoms with E-state index in [1.165, 1.54) is 12.8 Å². The molecule has 19 heavy (non-hydrogen) atoms. The smallest absolute Gasteiger partial charge is 0.141 e. The van der Waals surface area contributed by atoms with Crippen molar-refractivity contribution in [2.45, 2.75) is 44.2 Å². The number of hydrogen-bond acceptors (Lipinski definition) is 5. The van der Waals surface area contributed by atoms with Gasteiger partial charge in [-0.15, -0.1) is 0 Å². The van der Waals surface area contributed by atoms with Crippen molar-refractivity contribution in [1.29, 1.82) is 0 Å². The van der Waals surface area contributed by atoms with Gasteiger partial charge in [-0.25, -0.2) is 0 Å². The molecule has 1 fully saturated rings. The third kappa shape index (κ3) is 3.89. The normalized spacial score (nSPS) is 20.4. The van der Waals surface area contributed by atoms with Gasteiger partial charge in [-0.1, -0.05) is 0 Å². The van der Waals surface area contributed by atoms with Gasteiger partial charge in [-0.3, -0.25) is 16.3 Å². The van der Waals surface area contributed by atoms with E-state index in [-0.39, 0.29) is 6.04 Å². The van der Waals surface area contributed by atoms with Crippen LogP contribution in [0.5, 0.6) is 5.75 Å². The van der Waals surface area contributed by atoms with Gasteiger partial charge < -0.3 is 9.47 Å². The molecule has 2 rings (SSSR count). The van der Waals surface area contributed by atoms with E-state index < -0.39 is 0 Å². The van der Waals surface area contributed by atoms with Crippen LogP contribution in [0, 0.1) is 0 Å². The zero-order valence-corrected chi connectivity index (χ0v) is 11.5. The minimum absolute atomic E-state index is 0.0966. The predicted molar refractivity (Wildman–Crippen MR) is 73.7 cm³/mol. The van der Waals surface area contributed by atoms with Gasteiger partial charge in [0.25, 0.3) is 0 Å². The molecule has 0 amide bonds. The van der Waals surface area contributed by atoms with Crippen molar-refractivity contribution in [2.75, 3.05) is 13.7 Å². The summed E-state index contributed by atoms with van der Waals surface area (Å²) in [7, 11) is 1.65. The first-order valence-corrected chi connectivity index (χ1v) is 6.90. The van der Waals surface area contributed by atoms with E-state index in [4.69, 9.17) is 15.3 Å². The van der Waals surface area contributed by atoms with E-state index in [0.29, 0.717) is 6.10 Å². The first kappa shape index (κ1) is 14.2. The molecule has 1 aliphatic heterocycles. The Bertz CT molecular complexity index is 381. The molecule has 1 aromatic heterocycles. The highest BCUT2D eigenvalue weighted by molar-refractivity contribution is 5.32. The molecule has 0 radical (unpaired) electrons.